The molecule has 1 fully saturated rings. The standard InChI is InChI=1S/C21H25N3O2/c22-20(25)15-24-11-5-10-19(14-24)21(26)23-13-16-6-4-9-18(12-16)17-7-2-1-3-8-17/h1-4,6-9,12,19H,5,10-11,13-15H2,(H2,22,25)(H,23,26)/t19-/m1/s1. The number of hydrogen-bond donors (Lipinski definition) is 2. The maximum absolute atomic E-state index is 12.5. The van der Waals surface area contributed by atoms with E-state index in [1.54, 1.807) is 0 Å². The number of piperidine rings is 1. The fraction of sp³-hybridized carbons (Fsp3) is 0.333. The van der Waals surface area contributed by atoms with Crippen LogP contribution in [0, 0.1) is 5.92 Å². The number of primary amides is 1. The van der Waals surface area contributed by atoms with Crippen molar-refractivity contribution in [1.82, 2.24) is 10.2 Å². The monoisotopic (exact) mass is 351 g/mol. The van der Waals surface area contributed by atoms with Gasteiger partial charge in [0.2, 0.25) is 11.8 Å². The van der Waals surface area contributed by atoms with E-state index in [0.29, 0.717) is 13.1 Å². The van der Waals surface area contributed by atoms with E-state index in [9.17, 15) is 9.59 Å². The Morgan fingerprint density at radius 1 is 1.08 bits per heavy atom. The van der Waals surface area contributed by atoms with Gasteiger partial charge in [-0.1, -0.05) is 48.5 Å². The van der Waals surface area contributed by atoms with Gasteiger partial charge in [0, 0.05) is 13.1 Å². The number of amides is 2. The van der Waals surface area contributed by atoms with Crippen molar-refractivity contribution < 1.29 is 9.59 Å². The van der Waals surface area contributed by atoms with Crippen LogP contribution in [0.2, 0.25) is 0 Å². The van der Waals surface area contributed by atoms with Crippen molar-refractivity contribution >= 4 is 11.8 Å². The Morgan fingerprint density at radius 2 is 1.85 bits per heavy atom. The summed E-state index contributed by atoms with van der Waals surface area (Å²) in [4.78, 5) is 25.6. The summed E-state index contributed by atoms with van der Waals surface area (Å²) in [5, 5.41) is 3.04. The summed E-state index contributed by atoms with van der Waals surface area (Å²) in [5.74, 6) is -0.381. The second kappa shape index (κ2) is 8.63. The Kier molecular flexibility index (Phi) is 6.02. The predicted molar refractivity (Wildman–Crippen MR) is 102 cm³/mol. The van der Waals surface area contributed by atoms with Gasteiger partial charge in [0.1, 0.15) is 0 Å². The van der Waals surface area contributed by atoms with Gasteiger partial charge in [0.25, 0.3) is 0 Å². The number of likely N-dealkylation sites (tertiary alicyclic amines) is 1. The lowest BCUT2D eigenvalue weighted by atomic mass is 9.97. The molecule has 0 aromatic heterocycles. The van der Waals surface area contributed by atoms with Crippen LogP contribution in [0.15, 0.2) is 54.6 Å². The lowest BCUT2D eigenvalue weighted by molar-refractivity contribution is -0.128. The first kappa shape index (κ1) is 18.1. The normalized spacial score (nSPS) is 17.6. The van der Waals surface area contributed by atoms with E-state index in [-0.39, 0.29) is 24.3 Å². The Labute approximate surface area is 154 Å². The lowest BCUT2D eigenvalue weighted by Crippen LogP contribution is -2.45. The molecule has 136 valence electrons. The van der Waals surface area contributed by atoms with Crippen LogP contribution >= 0.6 is 0 Å². The van der Waals surface area contributed by atoms with Gasteiger partial charge < -0.3 is 11.1 Å². The summed E-state index contributed by atoms with van der Waals surface area (Å²) < 4.78 is 0. The highest BCUT2D eigenvalue weighted by Gasteiger charge is 2.26. The van der Waals surface area contributed by atoms with Gasteiger partial charge in [-0.15, -0.1) is 0 Å². The van der Waals surface area contributed by atoms with E-state index in [0.717, 1.165) is 36.1 Å². The number of nitrogens with two attached hydrogens (primary N) is 1. The lowest BCUT2D eigenvalue weighted by Gasteiger charge is -2.31. The van der Waals surface area contributed by atoms with Crippen LogP contribution < -0.4 is 11.1 Å². The molecule has 3 rings (SSSR count). The average Bonchev–Trinajstić information content (AvgIpc) is 2.67. The van der Waals surface area contributed by atoms with Crippen LogP contribution in [0.5, 0.6) is 0 Å². The number of carbonyl (C=O) groups excluding carboxylic acids is 2. The molecule has 0 radical (unpaired) electrons. The predicted octanol–water partition coefficient (Wildman–Crippen LogP) is 2.17. The van der Waals surface area contributed by atoms with Crippen molar-refractivity contribution in [3.05, 3.63) is 60.2 Å². The third-order valence-corrected chi connectivity index (χ3v) is 4.76. The summed E-state index contributed by atoms with van der Waals surface area (Å²) in [6.07, 6.45) is 1.76. The molecule has 26 heavy (non-hydrogen) atoms. The summed E-state index contributed by atoms with van der Waals surface area (Å²) in [7, 11) is 0. The zero-order valence-electron chi connectivity index (χ0n) is 14.9. The first-order valence-corrected chi connectivity index (χ1v) is 9.04. The van der Waals surface area contributed by atoms with E-state index in [2.05, 4.69) is 29.6 Å². The fourth-order valence-corrected chi connectivity index (χ4v) is 3.46. The minimum absolute atomic E-state index is 0.0456. The molecule has 1 atom stereocenters. The Morgan fingerprint density at radius 3 is 2.62 bits per heavy atom. The van der Waals surface area contributed by atoms with Gasteiger partial charge in [-0.3, -0.25) is 14.5 Å². The zero-order chi connectivity index (χ0) is 18.4. The molecule has 1 saturated heterocycles. The molecular formula is C21H25N3O2. The van der Waals surface area contributed by atoms with E-state index in [1.807, 2.05) is 35.2 Å². The molecule has 0 unspecified atom stereocenters. The zero-order valence-corrected chi connectivity index (χ0v) is 14.9. The molecule has 5 nitrogen and oxygen atoms in total. The number of nitrogens with one attached hydrogen (secondary N) is 1. The third kappa shape index (κ3) is 4.92. The van der Waals surface area contributed by atoms with Gasteiger partial charge in [-0.25, -0.2) is 0 Å². The summed E-state index contributed by atoms with van der Waals surface area (Å²) in [5.41, 5.74) is 8.64. The highest BCUT2D eigenvalue weighted by molar-refractivity contribution is 5.79. The minimum Gasteiger partial charge on any atom is -0.369 e. The first-order valence-electron chi connectivity index (χ1n) is 9.04. The van der Waals surface area contributed by atoms with E-state index in [1.165, 1.54) is 0 Å². The molecule has 5 heteroatoms. The van der Waals surface area contributed by atoms with E-state index >= 15 is 0 Å². The molecule has 2 amide bonds. The van der Waals surface area contributed by atoms with Crippen LogP contribution in [0.3, 0.4) is 0 Å². The van der Waals surface area contributed by atoms with Crippen LogP contribution in [-0.4, -0.2) is 36.3 Å². The Bertz CT molecular complexity index is 761. The highest BCUT2D eigenvalue weighted by atomic mass is 16.2. The molecule has 0 saturated carbocycles. The van der Waals surface area contributed by atoms with Crippen molar-refractivity contribution in [2.24, 2.45) is 11.7 Å². The van der Waals surface area contributed by atoms with Gasteiger partial charge in [-0.2, -0.15) is 0 Å². The van der Waals surface area contributed by atoms with Crippen molar-refractivity contribution in [2.75, 3.05) is 19.6 Å². The molecule has 0 spiro atoms. The van der Waals surface area contributed by atoms with Crippen LogP contribution in [0.25, 0.3) is 11.1 Å². The number of rotatable bonds is 6. The Balaban J connectivity index is 1.57. The maximum Gasteiger partial charge on any atom is 0.231 e. The molecule has 3 N–H and O–H groups in total. The molecule has 1 heterocycles. The second-order valence-electron chi connectivity index (χ2n) is 6.82. The SMILES string of the molecule is NC(=O)CN1CCC[C@@H](C(=O)NCc2cccc(-c3ccccc3)c2)C1. The molecular weight excluding hydrogens is 326 g/mol. The van der Waals surface area contributed by atoms with Gasteiger partial charge >= 0.3 is 0 Å². The largest absolute Gasteiger partial charge is 0.369 e. The molecule has 1 aliphatic heterocycles. The number of nitrogens with zero attached hydrogens (tertiary/aromatic N) is 1. The first-order chi connectivity index (χ1) is 12.6. The molecule has 0 bridgehead atoms. The van der Waals surface area contributed by atoms with Gasteiger partial charge in [0.15, 0.2) is 0 Å². The maximum atomic E-state index is 12.5. The molecule has 2 aromatic carbocycles. The highest BCUT2D eigenvalue weighted by Crippen LogP contribution is 2.20. The second-order valence-corrected chi connectivity index (χ2v) is 6.82. The molecule has 1 aliphatic rings. The van der Waals surface area contributed by atoms with Crippen molar-refractivity contribution in [2.45, 2.75) is 19.4 Å². The van der Waals surface area contributed by atoms with Crippen molar-refractivity contribution in [3.8, 4) is 11.1 Å². The van der Waals surface area contributed by atoms with Crippen LogP contribution in [0.4, 0.5) is 0 Å². The van der Waals surface area contributed by atoms with Gasteiger partial charge in [-0.05, 0) is 42.1 Å². The average molecular weight is 351 g/mol. The number of benzene rings is 2. The summed E-state index contributed by atoms with van der Waals surface area (Å²) in [6, 6.07) is 18.4. The van der Waals surface area contributed by atoms with Crippen LogP contribution in [-0.2, 0) is 16.1 Å². The topological polar surface area (TPSA) is 75.4 Å². The molecule has 0 aliphatic carbocycles. The summed E-state index contributed by atoms with van der Waals surface area (Å²) in [6.45, 7) is 2.15. The van der Waals surface area contributed by atoms with E-state index < -0.39 is 0 Å². The van der Waals surface area contributed by atoms with E-state index in [4.69, 9.17) is 5.73 Å². The minimum atomic E-state index is -0.344. The third-order valence-electron chi connectivity index (χ3n) is 4.76. The fourth-order valence-electron chi connectivity index (χ4n) is 3.46. The smallest absolute Gasteiger partial charge is 0.231 e. The quantitative estimate of drug-likeness (QED) is 0.837. The van der Waals surface area contributed by atoms with Crippen LogP contribution in [0.1, 0.15) is 18.4 Å². The number of hydrogen-bond acceptors (Lipinski definition) is 3. The Hall–Kier alpha value is -2.66. The van der Waals surface area contributed by atoms with Crippen molar-refractivity contribution in [3.63, 3.8) is 0 Å². The van der Waals surface area contributed by atoms with Gasteiger partial charge in [0.05, 0.1) is 12.5 Å². The summed E-state index contributed by atoms with van der Waals surface area (Å²) >= 11 is 0. The van der Waals surface area contributed by atoms with Crippen molar-refractivity contribution in [1.29, 1.82) is 0 Å². The number of carbonyl (C=O) groups is 2. The molecule has 2 aromatic rings.